The van der Waals surface area contributed by atoms with Crippen LogP contribution in [0, 0.1) is 0 Å². The summed E-state index contributed by atoms with van der Waals surface area (Å²) in [6, 6.07) is 44.2. The standard InChI is InChI=1S/C36H42OP.BrH/c1-2-3-22-33(37-31-32-20-10-6-11-21-32)23-12-4-5-19-30-38(34-24-13-7-14-25-34,35-26-15-8-16-27-35)36-28-17-9-18-29-36;/h2,6-11,13-18,20-21,24-29,33H,1,3-5,12,19,22-23,30-31H2;1H/q+1;/p-1. The highest BCUT2D eigenvalue weighted by Crippen LogP contribution is 2.56. The van der Waals surface area contributed by atoms with E-state index < -0.39 is 7.26 Å². The van der Waals surface area contributed by atoms with Crippen molar-refractivity contribution in [2.75, 3.05) is 6.16 Å². The van der Waals surface area contributed by atoms with Gasteiger partial charge >= 0.3 is 0 Å². The molecule has 0 amide bonds. The van der Waals surface area contributed by atoms with Crippen LogP contribution < -0.4 is 32.9 Å². The second-order valence-corrected chi connectivity index (χ2v) is 13.6. The first-order chi connectivity index (χ1) is 18.8. The van der Waals surface area contributed by atoms with Gasteiger partial charge in [-0.1, -0.05) is 104 Å². The molecule has 0 fully saturated rings. The van der Waals surface area contributed by atoms with Crippen LogP contribution >= 0.6 is 7.26 Å². The first-order valence-electron chi connectivity index (χ1n) is 14.1. The fourth-order valence-corrected chi connectivity index (χ4v) is 9.77. The summed E-state index contributed by atoms with van der Waals surface area (Å²) in [5.74, 6) is 0. The third-order valence-corrected chi connectivity index (χ3v) is 11.9. The topological polar surface area (TPSA) is 9.23 Å². The van der Waals surface area contributed by atoms with Crippen molar-refractivity contribution < 1.29 is 21.7 Å². The van der Waals surface area contributed by atoms with Gasteiger partial charge in [0.05, 0.1) is 18.9 Å². The molecule has 0 radical (unpaired) electrons. The van der Waals surface area contributed by atoms with Crippen molar-refractivity contribution in [3.63, 3.8) is 0 Å². The Morgan fingerprint density at radius 2 is 1.05 bits per heavy atom. The van der Waals surface area contributed by atoms with Crippen LogP contribution in [0.4, 0.5) is 0 Å². The molecule has 0 aliphatic heterocycles. The quantitative estimate of drug-likeness (QED) is 0.0939. The van der Waals surface area contributed by atoms with Crippen molar-refractivity contribution in [3.05, 3.63) is 140 Å². The van der Waals surface area contributed by atoms with Crippen molar-refractivity contribution in [1.82, 2.24) is 0 Å². The van der Waals surface area contributed by atoms with E-state index in [-0.39, 0.29) is 17.0 Å². The summed E-state index contributed by atoms with van der Waals surface area (Å²) in [5.41, 5.74) is 1.25. The normalized spacial score (nSPS) is 11.9. The van der Waals surface area contributed by atoms with Crippen LogP contribution in [0.15, 0.2) is 134 Å². The molecular weight excluding hydrogens is 559 g/mol. The maximum absolute atomic E-state index is 6.32. The molecule has 204 valence electrons. The largest absolute Gasteiger partial charge is 1.00 e. The Kier molecular flexibility index (Phi) is 13.7. The molecule has 3 heteroatoms. The molecule has 0 heterocycles. The number of allylic oxidation sites excluding steroid dienone is 1. The number of rotatable bonds is 16. The summed E-state index contributed by atoms with van der Waals surface area (Å²) < 4.78 is 6.32. The number of halogens is 1. The number of ether oxygens (including phenoxy) is 1. The second-order valence-electron chi connectivity index (χ2n) is 10.0. The summed E-state index contributed by atoms with van der Waals surface area (Å²) in [5, 5.41) is 4.45. The molecule has 0 N–H and O–H groups in total. The van der Waals surface area contributed by atoms with E-state index >= 15 is 0 Å². The van der Waals surface area contributed by atoms with Crippen molar-refractivity contribution in [2.24, 2.45) is 0 Å². The smallest absolute Gasteiger partial charge is 0.112 e. The minimum Gasteiger partial charge on any atom is -1.00 e. The zero-order valence-electron chi connectivity index (χ0n) is 23.0. The third kappa shape index (κ3) is 9.00. The number of hydrogen-bond donors (Lipinski definition) is 0. The zero-order chi connectivity index (χ0) is 26.3. The first-order valence-corrected chi connectivity index (χ1v) is 16.1. The van der Waals surface area contributed by atoms with Crippen LogP contribution in [0.3, 0.4) is 0 Å². The molecule has 0 aliphatic rings. The second kappa shape index (κ2) is 17.2. The van der Waals surface area contributed by atoms with Gasteiger partial charge in [0.25, 0.3) is 0 Å². The van der Waals surface area contributed by atoms with Crippen molar-refractivity contribution >= 4 is 23.2 Å². The maximum Gasteiger partial charge on any atom is 0.112 e. The lowest BCUT2D eigenvalue weighted by Crippen LogP contribution is -3.00. The number of hydrogen-bond acceptors (Lipinski definition) is 1. The van der Waals surface area contributed by atoms with Crippen molar-refractivity contribution in [2.45, 2.75) is 57.7 Å². The van der Waals surface area contributed by atoms with Crippen LogP contribution in [0.25, 0.3) is 0 Å². The molecule has 4 aromatic carbocycles. The van der Waals surface area contributed by atoms with Crippen molar-refractivity contribution in [3.8, 4) is 0 Å². The highest BCUT2D eigenvalue weighted by Gasteiger charge is 2.44. The van der Waals surface area contributed by atoms with E-state index in [0.29, 0.717) is 12.7 Å². The Hall–Kier alpha value is -2.51. The van der Waals surface area contributed by atoms with Gasteiger partial charge in [-0.3, -0.25) is 0 Å². The molecule has 4 aromatic rings. The average molecular weight is 602 g/mol. The number of unbranched alkanes of at least 4 members (excludes halogenated alkanes) is 3. The Labute approximate surface area is 247 Å². The SMILES string of the molecule is C=CCCC(CCCCCC[P+](c1ccccc1)(c1ccccc1)c1ccccc1)OCc1ccccc1.[Br-]. The van der Waals surface area contributed by atoms with E-state index in [1.54, 1.807) is 0 Å². The Balaban J connectivity index is 0.00000420. The van der Waals surface area contributed by atoms with Crippen LogP contribution in [0.1, 0.15) is 50.5 Å². The van der Waals surface area contributed by atoms with Gasteiger partial charge in [-0.2, -0.15) is 0 Å². The molecule has 39 heavy (non-hydrogen) atoms. The summed E-state index contributed by atoms with van der Waals surface area (Å²) in [6.45, 7) is 4.61. The summed E-state index contributed by atoms with van der Waals surface area (Å²) in [7, 11) is -1.72. The molecule has 0 spiro atoms. The highest BCUT2D eigenvalue weighted by atomic mass is 79.9. The summed E-state index contributed by atoms with van der Waals surface area (Å²) >= 11 is 0. The highest BCUT2D eigenvalue weighted by molar-refractivity contribution is 7.95. The summed E-state index contributed by atoms with van der Waals surface area (Å²) in [4.78, 5) is 0. The van der Waals surface area contributed by atoms with Crippen LogP contribution in [0.2, 0.25) is 0 Å². The van der Waals surface area contributed by atoms with Crippen LogP contribution in [-0.2, 0) is 11.3 Å². The third-order valence-electron chi connectivity index (χ3n) is 7.38. The van der Waals surface area contributed by atoms with Gasteiger partial charge in [-0.15, -0.1) is 6.58 Å². The minimum absolute atomic E-state index is 0. The summed E-state index contributed by atoms with van der Waals surface area (Å²) in [6.07, 6.45) is 11.7. The van der Waals surface area contributed by atoms with E-state index in [1.807, 2.05) is 6.08 Å². The molecule has 0 saturated carbocycles. The average Bonchev–Trinajstić information content (AvgIpc) is 3.00. The molecule has 0 aromatic heterocycles. The van der Waals surface area contributed by atoms with Gasteiger partial charge in [-0.25, -0.2) is 0 Å². The molecule has 1 atom stereocenters. The molecule has 0 bridgehead atoms. The van der Waals surface area contributed by atoms with E-state index in [1.165, 1.54) is 53.3 Å². The van der Waals surface area contributed by atoms with Gasteiger partial charge in [0.15, 0.2) is 0 Å². The monoisotopic (exact) mass is 600 g/mol. The zero-order valence-corrected chi connectivity index (χ0v) is 25.5. The lowest BCUT2D eigenvalue weighted by Gasteiger charge is -2.27. The first kappa shape index (κ1) is 31.0. The lowest BCUT2D eigenvalue weighted by molar-refractivity contribution is -0.0000110. The van der Waals surface area contributed by atoms with Crippen molar-refractivity contribution in [1.29, 1.82) is 0 Å². The van der Waals surface area contributed by atoms with E-state index in [9.17, 15) is 0 Å². The molecular formula is C36H42BrOP. The van der Waals surface area contributed by atoms with Gasteiger partial charge < -0.3 is 21.7 Å². The van der Waals surface area contributed by atoms with Gasteiger partial charge in [0.2, 0.25) is 0 Å². The number of benzene rings is 4. The minimum atomic E-state index is -1.72. The Bertz CT molecular complexity index is 1090. The predicted molar refractivity (Wildman–Crippen MR) is 168 cm³/mol. The van der Waals surface area contributed by atoms with E-state index in [2.05, 4.69) is 128 Å². The van der Waals surface area contributed by atoms with Gasteiger partial charge in [0.1, 0.15) is 23.2 Å². The molecule has 4 rings (SSSR count). The van der Waals surface area contributed by atoms with E-state index in [0.717, 1.165) is 19.3 Å². The molecule has 0 saturated heterocycles. The Morgan fingerprint density at radius 3 is 1.54 bits per heavy atom. The van der Waals surface area contributed by atoms with Gasteiger partial charge in [0, 0.05) is 0 Å². The lowest BCUT2D eigenvalue weighted by atomic mass is 10.1. The van der Waals surface area contributed by atoms with E-state index in [4.69, 9.17) is 4.74 Å². The maximum atomic E-state index is 6.32. The fourth-order valence-electron chi connectivity index (χ4n) is 5.36. The Morgan fingerprint density at radius 1 is 0.590 bits per heavy atom. The predicted octanol–water partition coefficient (Wildman–Crippen LogP) is 5.49. The molecule has 1 nitrogen and oxygen atoms in total. The van der Waals surface area contributed by atoms with Gasteiger partial charge in [-0.05, 0) is 74.1 Å². The van der Waals surface area contributed by atoms with Crippen LogP contribution in [0.5, 0.6) is 0 Å². The molecule has 1 unspecified atom stereocenters. The van der Waals surface area contributed by atoms with Crippen LogP contribution in [-0.4, -0.2) is 12.3 Å². The fraction of sp³-hybridized carbons (Fsp3) is 0.278. The molecule has 0 aliphatic carbocycles.